The monoisotopic (exact) mass is 311 g/mol. The lowest BCUT2D eigenvalue weighted by molar-refractivity contribution is 0.112. The molecule has 0 aromatic heterocycles. The van der Waals surface area contributed by atoms with Crippen LogP contribution in [0.4, 0.5) is 0 Å². The maximum atomic E-state index is 10.4. The van der Waals surface area contributed by atoms with Crippen molar-refractivity contribution >= 4 is 6.29 Å². The van der Waals surface area contributed by atoms with E-state index in [1.54, 1.807) is 24.3 Å². The zero-order chi connectivity index (χ0) is 16.3. The summed E-state index contributed by atoms with van der Waals surface area (Å²) in [5.41, 5.74) is 6.38. The van der Waals surface area contributed by atoms with Crippen LogP contribution in [0.1, 0.15) is 48.9 Å². The molecular weight excluding hydrogens is 286 g/mol. The second-order valence-corrected chi connectivity index (χ2v) is 5.85. The van der Waals surface area contributed by atoms with Crippen LogP contribution in [-0.2, 0) is 0 Å². The van der Waals surface area contributed by atoms with Crippen LogP contribution in [0.25, 0.3) is 0 Å². The molecule has 0 radical (unpaired) electrons. The minimum Gasteiger partial charge on any atom is -0.457 e. The predicted molar refractivity (Wildman–Crippen MR) is 94.0 cm³/mol. The molecule has 122 valence electrons. The van der Waals surface area contributed by atoms with Crippen LogP contribution in [0.2, 0.25) is 0 Å². The van der Waals surface area contributed by atoms with Crippen LogP contribution in [0.5, 0.6) is 11.5 Å². The molecule has 1 aliphatic rings. The zero-order valence-corrected chi connectivity index (χ0v) is 13.5. The average Bonchev–Trinajstić information content (AvgIpc) is 2.85. The van der Waals surface area contributed by atoms with Crippen molar-refractivity contribution in [2.75, 3.05) is 0 Å². The summed E-state index contributed by atoms with van der Waals surface area (Å²) in [5.74, 6) is 1.52. The van der Waals surface area contributed by atoms with E-state index in [4.69, 9.17) is 10.5 Å². The maximum Gasteiger partial charge on any atom is 0.150 e. The first-order valence-electron chi connectivity index (χ1n) is 8.31. The van der Waals surface area contributed by atoms with Crippen molar-refractivity contribution in [2.45, 2.75) is 44.6 Å². The summed E-state index contributed by atoms with van der Waals surface area (Å²) in [6.07, 6.45) is 8.88. The Morgan fingerprint density at radius 3 is 1.96 bits per heavy atom. The first kappa shape index (κ1) is 17.2. The third-order valence-corrected chi connectivity index (χ3v) is 3.89. The summed E-state index contributed by atoms with van der Waals surface area (Å²) in [7, 11) is 0. The van der Waals surface area contributed by atoms with Crippen molar-refractivity contribution in [3.05, 3.63) is 60.2 Å². The Balaban J connectivity index is 0.000000203. The van der Waals surface area contributed by atoms with Crippen LogP contribution in [-0.4, -0.2) is 12.3 Å². The van der Waals surface area contributed by atoms with Gasteiger partial charge in [0.05, 0.1) is 0 Å². The topological polar surface area (TPSA) is 52.3 Å². The van der Waals surface area contributed by atoms with Gasteiger partial charge < -0.3 is 10.5 Å². The molecule has 0 atom stereocenters. The number of benzene rings is 2. The van der Waals surface area contributed by atoms with Crippen LogP contribution in [0.3, 0.4) is 0 Å². The second-order valence-electron chi connectivity index (χ2n) is 5.85. The summed E-state index contributed by atoms with van der Waals surface area (Å²) in [6, 6.07) is 17.1. The van der Waals surface area contributed by atoms with E-state index in [0.717, 1.165) is 17.8 Å². The Morgan fingerprint density at radius 2 is 1.39 bits per heavy atom. The summed E-state index contributed by atoms with van der Waals surface area (Å²) in [6.45, 7) is 0. The van der Waals surface area contributed by atoms with Gasteiger partial charge in [-0.1, -0.05) is 43.9 Å². The van der Waals surface area contributed by atoms with E-state index in [-0.39, 0.29) is 0 Å². The Morgan fingerprint density at radius 1 is 0.826 bits per heavy atom. The summed E-state index contributed by atoms with van der Waals surface area (Å²) < 4.78 is 5.56. The number of hydrogen-bond acceptors (Lipinski definition) is 3. The molecule has 3 heteroatoms. The molecule has 0 spiro atoms. The smallest absolute Gasteiger partial charge is 0.150 e. The van der Waals surface area contributed by atoms with Gasteiger partial charge in [0.2, 0.25) is 0 Å². The van der Waals surface area contributed by atoms with Gasteiger partial charge in [-0.2, -0.15) is 0 Å². The van der Waals surface area contributed by atoms with Crippen molar-refractivity contribution in [3.8, 4) is 11.5 Å². The highest BCUT2D eigenvalue weighted by molar-refractivity contribution is 5.74. The second kappa shape index (κ2) is 9.80. The minimum absolute atomic E-state index is 0.525. The van der Waals surface area contributed by atoms with Gasteiger partial charge in [-0.3, -0.25) is 4.79 Å². The number of carbonyl (C=O) groups excluding carboxylic acids is 1. The third-order valence-electron chi connectivity index (χ3n) is 3.89. The molecule has 1 fully saturated rings. The molecule has 23 heavy (non-hydrogen) atoms. The molecule has 0 unspecified atom stereocenters. The predicted octanol–water partition coefficient (Wildman–Crippen LogP) is 4.96. The van der Waals surface area contributed by atoms with Crippen molar-refractivity contribution in [2.24, 2.45) is 5.73 Å². The van der Waals surface area contributed by atoms with Crippen LogP contribution in [0, 0.1) is 0 Å². The molecule has 0 bridgehead atoms. The first-order valence-corrected chi connectivity index (χ1v) is 8.31. The lowest BCUT2D eigenvalue weighted by atomic mass is 10.1. The molecule has 2 aromatic carbocycles. The number of rotatable bonds is 3. The maximum absolute atomic E-state index is 10.4. The molecule has 2 N–H and O–H groups in total. The lowest BCUT2D eigenvalue weighted by Gasteiger charge is -2.04. The number of para-hydroxylation sites is 1. The quantitative estimate of drug-likeness (QED) is 0.644. The molecule has 3 rings (SSSR count). The lowest BCUT2D eigenvalue weighted by Crippen LogP contribution is -2.17. The molecular formula is C20H25NO2. The highest BCUT2D eigenvalue weighted by atomic mass is 16.5. The van der Waals surface area contributed by atoms with E-state index in [9.17, 15) is 4.79 Å². The van der Waals surface area contributed by atoms with E-state index in [1.807, 2.05) is 30.3 Å². The highest BCUT2D eigenvalue weighted by Gasteiger charge is 2.05. The Kier molecular flexibility index (Phi) is 7.34. The zero-order valence-electron chi connectivity index (χ0n) is 13.5. The van der Waals surface area contributed by atoms with E-state index in [0.29, 0.717) is 11.6 Å². The minimum atomic E-state index is 0.525. The van der Waals surface area contributed by atoms with Crippen LogP contribution < -0.4 is 10.5 Å². The number of carbonyl (C=O) groups is 1. The standard InChI is InChI=1S/C13H10O2.C7H15N/c14-10-11-6-8-13(9-7-11)15-12-4-2-1-3-5-12;8-7-5-3-1-2-4-6-7/h1-10H;7H,1-6,8H2. The van der Waals surface area contributed by atoms with Gasteiger partial charge in [0.1, 0.15) is 17.8 Å². The molecule has 1 aliphatic carbocycles. The van der Waals surface area contributed by atoms with E-state index in [1.165, 1.54) is 38.5 Å². The first-order chi connectivity index (χ1) is 11.3. The largest absolute Gasteiger partial charge is 0.457 e. The van der Waals surface area contributed by atoms with E-state index in [2.05, 4.69) is 0 Å². The molecule has 0 amide bonds. The van der Waals surface area contributed by atoms with Crippen molar-refractivity contribution in [1.29, 1.82) is 0 Å². The fraction of sp³-hybridized carbons (Fsp3) is 0.350. The summed E-state index contributed by atoms with van der Waals surface area (Å²) >= 11 is 0. The van der Waals surface area contributed by atoms with Gasteiger partial charge in [0.15, 0.2) is 0 Å². The van der Waals surface area contributed by atoms with Crippen molar-refractivity contribution in [3.63, 3.8) is 0 Å². The van der Waals surface area contributed by atoms with Crippen LogP contribution >= 0.6 is 0 Å². The molecule has 2 aromatic rings. The molecule has 0 aliphatic heterocycles. The molecule has 3 nitrogen and oxygen atoms in total. The molecule has 0 saturated heterocycles. The Bertz CT molecular complexity index is 558. The van der Waals surface area contributed by atoms with E-state index < -0.39 is 0 Å². The van der Waals surface area contributed by atoms with Gasteiger partial charge in [-0.05, 0) is 49.2 Å². The molecule has 1 saturated carbocycles. The van der Waals surface area contributed by atoms with Crippen molar-refractivity contribution in [1.82, 2.24) is 0 Å². The highest BCUT2D eigenvalue weighted by Crippen LogP contribution is 2.20. The van der Waals surface area contributed by atoms with Gasteiger partial charge in [-0.15, -0.1) is 0 Å². The number of ether oxygens (including phenoxy) is 1. The normalized spacial score (nSPS) is 15.0. The Labute approximate surface area is 138 Å². The van der Waals surface area contributed by atoms with Gasteiger partial charge in [-0.25, -0.2) is 0 Å². The van der Waals surface area contributed by atoms with E-state index >= 15 is 0 Å². The van der Waals surface area contributed by atoms with Crippen LogP contribution in [0.15, 0.2) is 54.6 Å². The fourth-order valence-electron chi connectivity index (χ4n) is 2.55. The summed E-state index contributed by atoms with van der Waals surface area (Å²) in [4.78, 5) is 10.4. The van der Waals surface area contributed by atoms with Gasteiger partial charge >= 0.3 is 0 Å². The summed E-state index contributed by atoms with van der Waals surface area (Å²) in [5, 5.41) is 0. The average molecular weight is 311 g/mol. The SMILES string of the molecule is NC1CCCCCC1.O=Cc1ccc(Oc2ccccc2)cc1. The number of aldehydes is 1. The fourth-order valence-corrected chi connectivity index (χ4v) is 2.55. The number of hydrogen-bond donors (Lipinski definition) is 1. The number of nitrogens with two attached hydrogens (primary N) is 1. The third kappa shape index (κ3) is 6.66. The molecule has 0 heterocycles. The Hall–Kier alpha value is -2.13. The van der Waals surface area contributed by atoms with Gasteiger partial charge in [0, 0.05) is 11.6 Å². The van der Waals surface area contributed by atoms with Crippen molar-refractivity contribution < 1.29 is 9.53 Å². The van der Waals surface area contributed by atoms with Gasteiger partial charge in [0.25, 0.3) is 0 Å².